The Labute approximate surface area is 92.8 Å². The third kappa shape index (κ3) is 9.50. The van der Waals surface area contributed by atoms with E-state index in [0.29, 0.717) is 6.04 Å². The molecule has 2 N–H and O–H groups in total. The first-order chi connectivity index (χ1) is 5.98. The normalized spacial score (nSPS) is 18.2. The van der Waals surface area contributed by atoms with Gasteiger partial charge in [0.15, 0.2) is 0 Å². The van der Waals surface area contributed by atoms with E-state index >= 15 is 0 Å². The molecule has 0 amide bonds. The van der Waals surface area contributed by atoms with Gasteiger partial charge in [0, 0.05) is 0 Å². The van der Waals surface area contributed by atoms with Crippen LogP contribution in [-0.2, 0) is 3.07 Å². The van der Waals surface area contributed by atoms with Crippen molar-refractivity contribution >= 4 is 29.3 Å². The van der Waals surface area contributed by atoms with Crippen molar-refractivity contribution in [2.24, 2.45) is 5.73 Å². The zero-order valence-electron chi connectivity index (χ0n) is 8.98. The quantitative estimate of drug-likeness (QED) is 0.710. The van der Waals surface area contributed by atoms with Crippen LogP contribution in [0.3, 0.4) is 0 Å². The van der Waals surface area contributed by atoms with E-state index in [-0.39, 0.29) is 0 Å². The summed E-state index contributed by atoms with van der Waals surface area (Å²) in [6, 6.07) is 0.334. The molecule has 0 saturated heterocycles. The summed E-state index contributed by atoms with van der Waals surface area (Å²) in [5, 5.41) is 0. The molecule has 0 bridgehead atoms. The second kappa shape index (κ2) is 7.49. The van der Waals surface area contributed by atoms with Crippen molar-refractivity contribution < 1.29 is 3.07 Å². The fourth-order valence-electron chi connectivity index (χ4n) is 1.13. The molecule has 0 heterocycles. The number of nitrogens with two attached hydrogens (primary N) is 1. The first kappa shape index (κ1) is 14.2. The predicted octanol–water partition coefficient (Wildman–Crippen LogP) is 3.01. The summed E-state index contributed by atoms with van der Waals surface area (Å²) < 4.78 is 7.08. The number of halogens is 1. The van der Waals surface area contributed by atoms with E-state index in [1.807, 2.05) is 0 Å². The molecule has 0 fully saturated rings. The fraction of sp³-hybridized carbons (Fsp3) is 1.00. The minimum absolute atomic E-state index is 0.334. The Morgan fingerprint density at radius 3 is 2.62 bits per heavy atom. The average Bonchev–Trinajstić information content (AvgIpc) is 2.00. The van der Waals surface area contributed by atoms with E-state index in [1.165, 1.54) is 10.9 Å². The molecule has 0 aromatic carbocycles. The predicted molar refractivity (Wildman–Crippen MR) is 64.5 cm³/mol. The van der Waals surface area contributed by atoms with Gasteiger partial charge in [-0.1, -0.05) is 0 Å². The maximum atomic E-state index is 5.85. The monoisotopic (exact) mass is 359 g/mol. The van der Waals surface area contributed by atoms with Gasteiger partial charge in [-0.3, -0.25) is 0 Å². The van der Waals surface area contributed by atoms with Crippen LogP contribution in [0.2, 0.25) is 9.38 Å². The van der Waals surface area contributed by atoms with E-state index in [9.17, 15) is 0 Å². The molecule has 0 aliphatic heterocycles. The number of hydrogen-bond acceptors (Lipinski definition) is 2. The molecule has 2 unspecified atom stereocenters. The molecule has 0 aromatic heterocycles. The maximum absolute atomic E-state index is 5.85. The molecule has 0 saturated carbocycles. The molecule has 13 heavy (non-hydrogen) atoms. The molecule has 0 aliphatic rings. The molecule has 2 nitrogen and oxygen atoms in total. The SMILES string of the molecule is CCC[O][Sn]([CH3])([Br])[CH2]CCC(C)N. The van der Waals surface area contributed by atoms with Crippen LogP contribution in [0.1, 0.15) is 33.1 Å². The van der Waals surface area contributed by atoms with Crippen LogP contribution >= 0.6 is 12.7 Å². The second-order valence-electron chi connectivity index (χ2n) is 3.82. The first-order valence-corrected chi connectivity index (χ1v) is 17.5. The summed E-state index contributed by atoms with van der Waals surface area (Å²) >= 11 is 1.54. The molecule has 0 aromatic rings. The average molecular weight is 359 g/mol. The zero-order chi connectivity index (χ0) is 10.3. The zero-order valence-corrected chi connectivity index (χ0v) is 13.4. The molecule has 4 heteroatoms. The van der Waals surface area contributed by atoms with Crippen molar-refractivity contribution in [3.05, 3.63) is 0 Å². The first-order valence-electron chi connectivity index (χ1n) is 5.06. The Morgan fingerprint density at radius 2 is 2.15 bits per heavy atom. The van der Waals surface area contributed by atoms with Gasteiger partial charge in [0.2, 0.25) is 0 Å². The third-order valence-corrected chi connectivity index (χ3v) is 11.9. The van der Waals surface area contributed by atoms with Crippen LogP contribution in [0.15, 0.2) is 0 Å². The van der Waals surface area contributed by atoms with Crippen LogP contribution in [0.25, 0.3) is 0 Å². The van der Waals surface area contributed by atoms with E-state index in [1.54, 1.807) is 0 Å². The van der Waals surface area contributed by atoms with Gasteiger partial charge < -0.3 is 0 Å². The summed E-state index contributed by atoms with van der Waals surface area (Å²) in [4.78, 5) is 2.28. The van der Waals surface area contributed by atoms with Crippen molar-refractivity contribution in [2.45, 2.75) is 48.5 Å². The summed E-state index contributed by atoms with van der Waals surface area (Å²) in [6.45, 7) is 5.13. The van der Waals surface area contributed by atoms with Crippen LogP contribution in [0.5, 0.6) is 0 Å². The van der Waals surface area contributed by atoms with E-state index < -0.39 is 16.6 Å². The van der Waals surface area contributed by atoms with Gasteiger partial charge in [0.25, 0.3) is 0 Å². The Hall–Kier alpha value is 1.20. The molecule has 0 radical (unpaired) electrons. The number of rotatable bonds is 7. The molecule has 80 valence electrons. The second-order valence-corrected chi connectivity index (χ2v) is 23.6. The van der Waals surface area contributed by atoms with Crippen molar-refractivity contribution in [3.63, 3.8) is 0 Å². The Bertz CT molecular complexity index is 131. The van der Waals surface area contributed by atoms with Crippen molar-refractivity contribution in [1.29, 1.82) is 0 Å². The topological polar surface area (TPSA) is 35.2 Å². The number of hydrogen-bond donors (Lipinski definition) is 1. The fourth-order valence-corrected chi connectivity index (χ4v) is 8.69. The minimum atomic E-state index is -2.24. The third-order valence-electron chi connectivity index (χ3n) is 1.89. The standard InChI is InChI=1S/C5H12N.C3H7O.CH3.BrH.Sn/c1-3-4-5(2)6;1-2-3-4;;;/h5H,1,3-4,6H2,2H3;2-3H2,1H3;1H3;1H;/q;-1;;;+2/p-1. The summed E-state index contributed by atoms with van der Waals surface area (Å²) in [7, 11) is 0. The van der Waals surface area contributed by atoms with Gasteiger partial charge in [-0.05, 0) is 0 Å². The van der Waals surface area contributed by atoms with E-state index in [2.05, 4.69) is 31.5 Å². The Kier molecular flexibility index (Phi) is 8.18. The summed E-state index contributed by atoms with van der Waals surface area (Å²) in [6.07, 6.45) is 3.44. The van der Waals surface area contributed by atoms with Gasteiger partial charge in [0.1, 0.15) is 0 Å². The Morgan fingerprint density at radius 1 is 1.54 bits per heavy atom. The van der Waals surface area contributed by atoms with Crippen LogP contribution < -0.4 is 5.73 Å². The van der Waals surface area contributed by atoms with E-state index in [0.717, 1.165) is 19.4 Å². The van der Waals surface area contributed by atoms with Crippen LogP contribution in [0.4, 0.5) is 0 Å². The Balaban J connectivity index is 3.50. The summed E-state index contributed by atoms with van der Waals surface area (Å²) in [5.74, 6) is 0. The molecule has 2 atom stereocenters. The van der Waals surface area contributed by atoms with Gasteiger partial charge in [-0.15, -0.1) is 0 Å². The van der Waals surface area contributed by atoms with Crippen molar-refractivity contribution in [2.75, 3.05) is 6.61 Å². The van der Waals surface area contributed by atoms with Crippen LogP contribution in [-0.4, -0.2) is 29.2 Å². The molecular weight excluding hydrogens is 337 g/mol. The van der Waals surface area contributed by atoms with Gasteiger partial charge in [-0.25, -0.2) is 0 Å². The molecular formula is C9H22BrNOSn. The molecule has 0 rings (SSSR count). The van der Waals surface area contributed by atoms with Gasteiger partial charge in [-0.2, -0.15) is 0 Å². The van der Waals surface area contributed by atoms with Gasteiger partial charge in [0.05, 0.1) is 0 Å². The molecule has 0 spiro atoms. The molecule has 0 aliphatic carbocycles. The van der Waals surface area contributed by atoms with Crippen molar-refractivity contribution in [1.82, 2.24) is 0 Å². The van der Waals surface area contributed by atoms with Crippen LogP contribution in [0, 0.1) is 0 Å². The van der Waals surface area contributed by atoms with Crippen molar-refractivity contribution in [3.8, 4) is 0 Å². The van der Waals surface area contributed by atoms with E-state index in [4.69, 9.17) is 8.81 Å². The van der Waals surface area contributed by atoms with Gasteiger partial charge >= 0.3 is 93.2 Å². The summed E-state index contributed by atoms with van der Waals surface area (Å²) in [5.41, 5.74) is 5.69.